The minimum Gasteiger partial charge on any atom is -0.462 e. The van der Waals surface area contributed by atoms with Crippen molar-refractivity contribution in [3.8, 4) is 0 Å². The zero-order valence-electron chi connectivity index (χ0n) is 30.2. The molecule has 1 heterocycles. The van der Waals surface area contributed by atoms with Crippen LogP contribution >= 0.6 is 0 Å². The second-order valence-electron chi connectivity index (χ2n) is 13.4. The molecule has 1 fully saturated rings. The van der Waals surface area contributed by atoms with Gasteiger partial charge in [0.2, 0.25) is 0 Å². The predicted molar refractivity (Wildman–Crippen MR) is 187 cm³/mol. The molecule has 10 nitrogen and oxygen atoms in total. The number of ether oxygens (including phenoxy) is 4. The number of aliphatic hydroxyl groups is 4. The molecule has 0 aliphatic carbocycles. The van der Waals surface area contributed by atoms with Crippen molar-refractivity contribution in [1.82, 2.24) is 0 Å². The number of rotatable bonds is 31. The first-order valence-corrected chi connectivity index (χ1v) is 19.3. The van der Waals surface area contributed by atoms with E-state index in [4.69, 9.17) is 18.9 Å². The van der Waals surface area contributed by atoms with Gasteiger partial charge in [0, 0.05) is 12.8 Å². The number of aliphatic hydroxyl groups excluding tert-OH is 4. The fourth-order valence-electron chi connectivity index (χ4n) is 5.78. The Morgan fingerprint density at radius 3 is 1.71 bits per heavy atom. The minimum absolute atomic E-state index is 0.216. The van der Waals surface area contributed by atoms with Gasteiger partial charge in [-0.15, -0.1) is 0 Å². The summed E-state index contributed by atoms with van der Waals surface area (Å²) in [6.45, 7) is 3.33. The van der Waals surface area contributed by atoms with Crippen LogP contribution in [0.25, 0.3) is 0 Å². The van der Waals surface area contributed by atoms with E-state index in [9.17, 15) is 30.0 Å². The highest BCUT2D eigenvalue weighted by Gasteiger charge is 2.44. The molecule has 0 saturated carbocycles. The lowest BCUT2D eigenvalue weighted by molar-refractivity contribution is -0.305. The highest BCUT2D eigenvalue weighted by Crippen LogP contribution is 2.22. The zero-order valence-corrected chi connectivity index (χ0v) is 30.2. The number of hydrogen-bond donors (Lipinski definition) is 4. The number of carbonyl (C=O) groups excluding carboxylic acids is 2. The summed E-state index contributed by atoms with van der Waals surface area (Å²) in [5, 5.41) is 39.8. The molecule has 48 heavy (non-hydrogen) atoms. The maximum atomic E-state index is 12.6. The van der Waals surface area contributed by atoms with Crippen molar-refractivity contribution in [3.63, 3.8) is 0 Å². The third-order valence-electron chi connectivity index (χ3n) is 8.88. The number of unbranched alkanes of at least 4 members (excludes halogenated alkanes) is 18. The van der Waals surface area contributed by atoms with E-state index >= 15 is 0 Å². The molecule has 1 aliphatic rings. The first-order valence-electron chi connectivity index (χ1n) is 19.3. The Kier molecular flexibility index (Phi) is 28.0. The Bertz CT molecular complexity index is 804. The summed E-state index contributed by atoms with van der Waals surface area (Å²) in [5.41, 5.74) is 0. The summed E-state index contributed by atoms with van der Waals surface area (Å²) < 4.78 is 22.0. The fraction of sp³-hybridized carbons (Fsp3) is 0.895. The second-order valence-corrected chi connectivity index (χ2v) is 13.4. The van der Waals surface area contributed by atoms with E-state index in [0.29, 0.717) is 6.42 Å². The van der Waals surface area contributed by atoms with Crippen LogP contribution < -0.4 is 0 Å². The lowest BCUT2D eigenvalue weighted by Gasteiger charge is -2.39. The molecular weight excluding hydrogens is 616 g/mol. The summed E-state index contributed by atoms with van der Waals surface area (Å²) in [6.07, 6.45) is 20.9. The lowest BCUT2D eigenvalue weighted by Crippen LogP contribution is -2.59. The maximum absolute atomic E-state index is 12.6. The summed E-state index contributed by atoms with van der Waals surface area (Å²) in [6, 6.07) is 0. The Morgan fingerprint density at radius 1 is 0.625 bits per heavy atom. The first kappa shape index (κ1) is 44.5. The van der Waals surface area contributed by atoms with Crippen molar-refractivity contribution < 1.29 is 49.0 Å². The molecule has 0 aromatic carbocycles. The van der Waals surface area contributed by atoms with Crippen LogP contribution in [0.2, 0.25) is 0 Å². The number of allylic oxidation sites excluding steroid dienone is 2. The summed E-state index contributed by atoms with van der Waals surface area (Å²) >= 11 is 0. The van der Waals surface area contributed by atoms with E-state index in [1.165, 1.54) is 64.2 Å². The van der Waals surface area contributed by atoms with Crippen molar-refractivity contribution in [2.24, 2.45) is 0 Å². The van der Waals surface area contributed by atoms with E-state index in [2.05, 4.69) is 26.0 Å². The number of carbonyl (C=O) groups is 2. The molecule has 4 N–H and O–H groups in total. The van der Waals surface area contributed by atoms with Gasteiger partial charge >= 0.3 is 11.9 Å². The molecule has 6 unspecified atom stereocenters. The van der Waals surface area contributed by atoms with Gasteiger partial charge in [0.05, 0.1) is 13.2 Å². The van der Waals surface area contributed by atoms with Gasteiger partial charge in [0.25, 0.3) is 0 Å². The van der Waals surface area contributed by atoms with Gasteiger partial charge in [-0.1, -0.05) is 129 Å². The molecule has 0 bridgehead atoms. The second kappa shape index (κ2) is 30.3. The van der Waals surface area contributed by atoms with Crippen molar-refractivity contribution in [2.75, 3.05) is 19.8 Å². The van der Waals surface area contributed by atoms with Gasteiger partial charge < -0.3 is 39.4 Å². The Morgan fingerprint density at radius 2 is 1.15 bits per heavy atom. The molecule has 0 radical (unpaired) electrons. The molecule has 6 atom stereocenters. The zero-order chi connectivity index (χ0) is 35.2. The van der Waals surface area contributed by atoms with Crippen LogP contribution in [0.3, 0.4) is 0 Å². The van der Waals surface area contributed by atoms with E-state index < -0.39 is 49.4 Å². The fourth-order valence-corrected chi connectivity index (χ4v) is 5.78. The van der Waals surface area contributed by atoms with Crippen LogP contribution in [-0.2, 0) is 28.5 Å². The van der Waals surface area contributed by atoms with Crippen LogP contribution in [0.4, 0.5) is 0 Å². The van der Waals surface area contributed by atoms with Crippen LogP contribution in [0.15, 0.2) is 12.2 Å². The topological polar surface area (TPSA) is 152 Å². The van der Waals surface area contributed by atoms with E-state index in [-0.39, 0.29) is 32.0 Å². The Hall–Kier alpha value is -1.56. The van der Waals surface area contributed by atoms with Gasteiger partial charge in [-0.2, -0.15) is 0 Å². The largest absolute Gasteiger partial charge is 0.462 e. The Balaban J connectivity index is 2.39. The van der Waals surface area contributed by atoms with E-state index in [0.717, 1.165) is 64.2 Å². The summed E-state index contributed by atoms with van der Waals surface area (Å²) in [4.78, 5) is 25.1. The van der Waals surface area contributed by atoms with Crippen molar-refractivity contribution in [3.05, 3.63) is 12.2 Å². The minimum atomic E-state index is -1.59. The lowest BCUT2D eigenvalue weighted by atomic mass is 9.99. The van der Waals surface area contributed by atoms with Gasteiger partial charge in [-0.25, -0.2) is 0 Å². The number of hydrogen-bond acceptors (Lipinski definition) is 10. The summed E-state index contributed by atoms with van der Waals surface area (Å²) in [7, 11) is 0. The molecule has 1 aliphatic heterocycles. The van der Waals surface area contributed by atoms with Crippen LogP contribution in [0, 0.1) is 0 Å². The number of esters is 2. The smallest absolute Gasteiger partial charge is 0.306 e. The molecule has 0 amide bonds. The first-order chi connectivity index (χ1) is 23.3. The average Bonchev–Trinajstić information content (AvgIpc) is 3.08. The maximum Gasteiger partial charge on any atom is 0.306 e. The predicted octanol–water partition coefficient (Wildman–Crippen LogP) is 6.83. The molecule has 282 valence electrons. The molecule has 1 rings (SSSR count). The average molecular weight is 687 g/mol. The molecule has 10 heteroatoms. The quantitative estimate of drug-likeness (QED) is 0.0347. The molecule has 0 aromatic rings. The van der Waals surface area contributed by atoms with Gasteiger partial charge in [-0.3, -0.25) is 9.59 Å². The Labute approximate surface area is 291 Å². The van der Waals surface area contributed by atoms with Crippen LogP contribution in [0.1, 0.15) is 162 Å². The van der Waals surface area contributed by atoms with Gasteiger partial charge in [0.1, 0.15) is 31.0 Å². The van der Waals surface area contributed by atoms with Crippen molar-refractivity contribution in [2.45, 2.75) is 198 Å². The molecular formula is C38H70O10. The van der Waals surface area contributed by atoms with E-state index in [1.807, 2.05) is 0 Å². The SMILES string of the molecule is CCC/C=C\CCCCCCCC(=O)OC(COC(=O)CCCCCCCCCCCCCCC)COC1OC(CO)C(O)C(O)C1O. The summed E-state index contributed by atoms with van der Waals surface area (Å²) in [5.74, 6) is -0.816. The van der Waals surface area contributed by atoms with Crippen LogP contribution in [0.5, 0.6) is 0 Å². The highest BCUT2D eigenvalue weighted by atomic mass is 16.7. The standard InChI is InChI=1S/C38H70O10/c1-3-5-7-9-11-13-15-16-17-19-20-22-24-26-33(40)45-29-31(30-46-38-37(44)36(43)35(42)32(28-39)48-38)47-34(41)27-25-23-21-18-14-12-10-8-6-4-2/h8,10,31-32,35-39,42-44H,3-7,9,11-30H2,1-2H3/b10-8-. The van der Waals surface area contributed by atoms with E-state index in [1.54, 1.807) is 0 Å². The molecule has 0 aromatic heterocycles. The van der Waals surface area contributed by atoms with Gasteiger partial charge in [-0.05, 0) is 32.1 Å². The third kappa shape index (κ3) is 22.2. The monoisotopic (exact) mass is 686 g/mol. The van der Waals surface area contributed by atoms with Gasteiger partial charge in [0.15, 0.2) is 12.4 Å². The highest BCUT2D eigenvalue weighted by molar-refractivity contribution is 5.70. The van der Waals surface area contributed by atoms with Crippen molar-refractivity contribution >= 4 is 11.9 Å². The van der Waals surface area contributed by atoms with Crippen molar-refractivity contribution in [1.29, 1.82) is 0 Å². The van der Waals surface area contributed by atoms with Crippen LogP contribution in [-0.4, -0.2) is 89.0 Å². The molecule has 0 spiro atoms. The molecule has 1 saturated heterocycles. The third-order valence-corrected chi connectivity index (χ3v) is 8.88. The normalized spacial score (nSPS) is 21.8.